The van der Waals surface area contributed by atoms with Crippen molar-refractivity contribution in [3.8, 4) is 11.5 Å². The monoisotopic (exact) mass is 423 g/mol. The van der Waals surface area contributed by atoms with E-state index in [4.69, 9.17) is 9.47 Å². The first-order valence-electron chi connectivity index (χ1n) is 11.8. The molecule has 3 nitrogen and oxygen atoms in total. The van der Waals surface area contributed by atoms with Crippen LogP contribution in [0.4, 0.5) is 4.39 Å². The summed E-state index contributed by atoms with van der Waals surface area (Å²) in [5.74, 6) is 4.01. The summed E-state index contributed by atoms with van der Waals surface area (Å²) in [5, 5.41) is 3.85. The Bertz CT molecular complexity index is 892. The maximum Gasteiger partial charge on any atom is 0.161 e. The SMILES string of the molecule is COc1cc(CN[C@@H](C)C23CC4CC(CC(C4)C2)C3)ccc1OCc1ccccc1F. The molecule has 166 valence electrons. The minimum Gasteiger partial charge on any atom is -0.493 e. The van der Waals surface area contributed by atoms with Gasteiger partial charge in [0.25, 0.3) is 0 Å². The van der Waals surface area contributed by atoms with E-state index in [1.807, 2.05) is 18.2 Å². The molecule has 1 atom stereocenters. The molecule has 0 aliphatic heterocycles. The zero-order valence-electron chi connectivity index (χ0n) is 18.7. The largest absolute Gasteiger partial charge is 0.493 e. The molecule has 4 bridgehead atoms. The predicted molar refractivity (Wildman–Crippen MR) is 121 cm³/mol. The summed E-state index contributed by atoms with van der Waals surface area (Å²) in [6, 6.07) is 13.3. The molecule has 31 heavy (non-hydrogen) atoms. The Morgan fingerprint density at radius 1 is 1.00 bits per heavy atom. The quantitative estimate of drug-likeness (QED) is 0.556. The first-order chi connectivity index (χ1) is 15.0. The number of hydrogen-bond donors (Lipinski definition) is 1. The number of hydrogen-bond acceptors (Lipinski definition) is 3. The van der Waals surface area contributed by atoms with Crippen LogP contribution in [0, 0.1) is 29.0 Å². The Morgan fingerprint density at radius 3 is 2.32 bits per heavy atom. The Kier molecular flexibility index (Phi) is 5.68. The molecule has 4 fully saturated rings. The molecule has 0 radical (unpaired) electrons. The van der Waals surface area contributed by atoms with Gasteiger partial charge in [-0.15, -0.1) is 0 Å². The van der Waals surface area contributed by atoms with Crippen molar-refractivity contribution in [2.45, 2.75) is 64.6 Å². The molecule has 2 aromatic carbocycles. The summed E-state index contributed by atoms with van der Waals surface area (Å²) < 4.78 is 25.3. The van der Waals surface area contributed by atoms with Crippen molar-refractivity contribution in [1.82, 2.24) is 5.32 Å². The van der Waals surface area contributed by atoms with E-state index in [9.17, 15) is 4.39 Å². The van der Waals surface area contributed by atoms with Gasteiger partial charge in [0, 0.05) is 18.2 Å². The topological polar surface area (TPSA) is 30.5 Å². The van der Waals surface area contributed by atoms with Crippen molar-refractivity contribution >= 4 is 0 Å². The van der Waals surface area contributed by atoms with Gasteiger partial charge in [-0.1, -0.05) is 24.3 Å². The summed E-state index contributed by atoms with van der Waals surface area (Å²) >= 11 is 0. The number of rotatable bonds is 8. The first kappa shape index (κ1) is 20.8. The fourth-order valence-electron chi connectivity index (χ4n) is 6.91. The third-order valence-corrected chi connectivity index (χ3v) is 8.19. The van der Waals surface area contributed by atoms with Crippen LogP contribution in [0.1, 0.15) is 56.6 Å². The van der Waals surface area contributed by atoms with Gasteiger partial charge in [0.2, 0.25) is 0 Å². The van der Waals surface area contributed by atoms with Crippen LogP contribution in [0.25, 0.3) is 0 Å². The minimum absolute atomic E-state index is 0.184. The van der Waals surface area contributed by atoms with Crippen LogP contribution in [0.3, 0.4) is 0 Å². The van der Waals surface area contributed by atoms with Crippen LogP contribution in [0.5, 0.6) is 11.5 Å². The van der Waals surface area contributed by atoms with E-state index in [-0.39, 0.29) is 12.4 Å². The molecule has 4 saturated carbocycles. The lowest BCUT2D eigenvalue weighted by atomic mass is 9.48. The van der Waals surface area contributed by atoms with Crippen molar-refractivity contribution in [2.24, 2.45) is 23.2 Å². The molecule has 0 aromatic heterocycles. The number of benzene rings is 2. The van der Waals surface area contributed by atoms with Gasteiger partial charge >= 0.3 is 0 Å². The lowest BCUT2D eigenvalue weighted by Crippen LogP contribution is -2.54. The molecule has 0 spiro atoms. The number of halogens is 1. The molecule has 4 aliphatic rings. The third kappa shape index (κ3) is 4.19. The molecule has 1 N–H and O–H groups in total. The molecule has 0 heterocycles. The fourth-order valence-corrected chi connectivity index (χ4v) is 6.91. The van der Waals surface area contributed by atoms with Crippen LogP contribution in [-0.4, -0.2) is 13.2 Å². The summed E-state index contributed by atoms with van der Waals surface area (Å²) in [6.45, 7) is 3.41. The lowest BCUT2D eigenvalue weighted by Gasteiger charge is -2.59. The normalized spacial score (nSPS) is 29.7. The molecule has 2 aromatic rings. The van der Waals surface area contributed by atoms with Crippen LogP contribution in [0.15, 0.2) is 42.5 Å². The summed E-state index contributed by atoms with van der Waals surface area (Å²) in [7, 11) is 1.65. The van der Waals surface area contributed by atoms with Crippen molar-refractivity contribution in [1.29, 1.82) is 0 Å². The smallest absolute Gasteiger partial charge is 0.161 e. The molecule has 0 unspecified atom stereocenters. The number of ether oxygens (including phenoxy) is 2. The molecular formula is C27H34FNO2. The van der Waals surface area contributed by atoms with Crippen LogP contribution in [-0.2, 0) is 13.2 Å². The highest BCUT2D eigenvalue weighted by Crippen LogP contribution is 2.61. The van der Waals surface area contributed by atoms with E-state index in [0.717, 1.165) is 24.3 Å². The molecular weight excluding hydrogens is 389 g/mol. The van der Waals surface area contributed by atoms with E-state index in [1.165, 1.54) is 50.2 Å². The highest BCUT2D eigenvalue weighted by atomic mass is 19.1. The second kappa shape index (κ2) is 8.46. The maximum atomic E-state index is 13.9. The average molecular weight is 424 g/mol. The molecule has 4 heteroatoms. The van der Waals surface area contributed by atoms with Gasteiger partial charge in [-0.25, -0.2) is 4.39 Å². The van der Waals surface area contributed by atoms with E-state index in [2.05, 4.69) is 18.3 Å². The standard InChI is InChI=1S/C27H34FNO2/c1-18(27-13-20-9-21(14-27)11-22(10-20)15-27)29-16-19-7-8-25(26(12-19)30-2)31-17-23-5-3-4-6-24(23)28/h3-8,12,18,20-22,29H,9-11,13-17H2,1-2H3/t18-,20?,21?,22?,27?/m0/s1. The Morgan fingerprint density at radius 2 is 1.68 bits per heavy atom. The Labute approximate surface area is 185 Å². The van der Waals surface area contributed by atoms with Crippen molar-refractivity contribution < 1.29 is 13.9 Å². The first-order valence-corrected chi connectivity index (χ1v) is 11.8. The Hall–Kier alpha value is -2.07. The van der Waals surface area contributed by atoms with E-state index >= 15 is 0 Å². The van der Waals surface area contributed by atoms with Gasteiger partial charge in [-0.2, -0.15) is 0 Å². The second-order valence-electron chi connectivity index (χ2n) is 10.2. The highest BCUT2D eigenvalue weighted by molar-refractivity contribution is 5.43. The number of nitrogens with one attached hydrogen (secondary N) is 1. The lowest BCUT2D eigenvalue weighted by molar-refractivity contribution is -0.0706. The van der Waals surface area contributed by atoms with Crippen molar-refractivity contribution in [3.05, 3.63) is 59.4 Å². The van der Waals surface area contributed by atoms with Crippen LogP contribution >= 0.6 is 0 Å². The van der Waals surface area contributed by atoms with E-state index in [0.29, 0.717) is 28.5 Å². The second-order valence-corrected chi connectivity index (χ2v) is 10.2. The molecule has 6 rings (SSSR count). The summed E-state index contributed by atoms with van der Waals surface area (Å²) in [5.41, 5.74) is 2.23. The zero-order chi connectivity index (χ0) is 21.4. The van der Waals surface area contributed by atoms with Gasteiger partial charge in [0.15, 0.2) is 11.5 Å². The zero-order valence-corrected chi connectivity index (χ0v) is 18.7. The molecule has 4 aliphatic carbocycles. The fraction of sp³-hybridized carbons (Fsp3) is 0.556. The van der Waals surface area contributed by atoms with E-state index in [1.54, 1.807) is 19.2 Å². The minimum atomic E-state index is -0.249. The highest BCUT2D eigenvalue weighted by Gasteiger charge is 2.52. The van der Waals surface area contributed by atoms with Crippen LogP contribution in [0.2, 0.25) is 0 Å². The van der Waals surface area contributed by atoms with Gasteiger partial charge in [0.05, 0.1) is 7.11 Å². The Balaban J connectivity index is 1.21. The predicted octanol–water partition coefficient (Wildman–Crippen LogP) is 6.11. The number of methoxy groups -OCH3 is 1. The van der Waals surface area contributed by atoms with Gasteiger partial charge < -0.3 is 14.8 Å². The third-order valence-electron chi connectivity index (χ3n) is 8.19. The van der Waals surface area contributed by atoms with Gasteiger partial charge in [0.1, 0.15) is 12.4 Å². The van der Waals surface area contributed by atoms with Crippen molar-refractivity contribution in [2.75, 3.05) is 7.11 Å². The summed E-state index contributed by atoms with van der Waals surface area (Å²) in [6.07, 6.45) is 8.70. The maximum absolute atomic E-state index is 13.9. The summed E-state index contributed by atoms with van der Waals surface area (Å²) in [4.78, 5) is 0. The van der Waals surface area contributed by atoms with Crippen LogP contribution < -0.4 is 14.8 Å². The van der Waals surface area contributed by atoms with Gasteiger partial charge in [-0.05, 0) is 92.4 Å². The average Bonchev–Trinajstić information content (AvgIpc) is 2.76. The molecule has 0 amide bonds. The van der Waals surface area contributed by atoms with Crippen molar-refractivity contribution in [3.63, 3.8) is 0 Å². The van der Waals surface area contributed by atoms with Gasteiger partial charge in [-0.3, -0.25) is 0 Å². The van der Waals surface area contributed by atoms with E-state index < -0.39 is 0 Å². The molecule has 0 saturated heterocycles.